The third kappa shape index (κ3) is 4.33. The number of nitrogens with zero attached hydrogens (tertiary/aromatic N) is 1. The molecule has 7 heteroatoms. The highest BCUT2D eigenvalue weighted by molar-refractivity contribution is 5.94. The van der Waals surface area contributed by atoms with Crippen LogP contribution in [0.25, 0.3) is 0 Å². The first-order valence-corrected chi connectivity index (χ1v) is 9.22. The van der Waals surface area contributed by atoms with Crippen LogP contribution in [0, 0.1) is 11.7 Å². The van der Waals surface area contributed by atoms with E-state index in [9.17, 15) is 14.0 Å². The largest absolute Gasteiger partial charge is 0.494 e. The lowest BCUT2D eigenvalue weighted by molar-refractivity contribution is -0.123. The molecule has 6 nitrogen and oxygen atoms in total. The summed E-state index contributed by atoms with van der Waals surface area (Å²) in [7, 11) is 1.39. The van der Waals surface area contributed by atoms with E-state index in [1.165, 1.54) is 19.2 Å². The Labute approximate surface area is 153 Å². The molecule has 2 atom stereocenters. The molecule has 2 N–H and O–H groups in total. The first-order valence-electron chi connectivity index (χ1n) is 9.22. The van der Waals surface area contributed by atoms with Gasteiger partial charge in [0.1, 0.15) is 0 Å². The zero-order chi connectivity index (χ0) is 18.5. The topological polar surface area (TPSA) is 70.7 Å². The molecule has 2 aliphatic heterocycles. The number of benzene rings is 1. The van der Waals surface area contributed by atoms with E-state index in [4.69, 9.17) is 4.74 Å². The number of ether oxygens (including phenoxy) is 1. The molecule has 0 aromatic heterocycles. The lowest BCUT2D eigenvalue weighted by Gasteiger charge is -2.33. The number of halogens is 1. The number of nitrogens with one attached hydrogen (secondary N) is 2. The van der Waals surface area contributed by atoms with Crippen LogP contribution in [0.15, 0.2) is 18.2 Å². The molecule has 2 heterocycles. The van der Waals surface area contributed by atoms with Crippen molar-refractivity contribution in [2.75, 3.05) is 33.3 Å². The van der Waals surface area contributed by atoms with E-state index in [0.29, 0.717) is 25.2 Å². The second kappa shape index (κ2) is 8.49. The van der Waals surface area contributed by atoms with Gasteiger partial charge < -0.3 is 20.3 Å². The number of rotatable bonds is 5. The van der Waals surface area contributed by atoms with E-state index in [1.807, 2.05) is 0 Å². The Hall–Kier alpha value is -2.15. The summed E-state index contributed by atoms with van der Waals surface area (Å²) < 4.78 is 18.8. The SMILES string of the molecule is COc1ccc(C(=O)N2CCCC(CNC(=O)C3CCCN3)C2)cc1F. The van der Waals surface area contributed by atoms with Gasteiger partial charge in [0.25, 0.3) is 5.91 Å². The highest BCUT2D eigenvalue weighted by Crippen LogP contribution is 2.22. The highest BCUT2D eigenvalue weighted by atomic mass is 19.1. The van der Waals surface area contributed by atoms with E-state index >= 15 is 0 Å². The number of piperidine rings is 1. The second-order valence-electron chi connectivity index (χ2n) is 7.00. The summed E-state index contributed by atoms with van der Waals surface area (Å²) in [6.45, 7) is 2.69. The van der Waals surface area contributed by atoms with Gasteiger partial charge in [0.05, 0.1) is 13.2 Å². The van der Waals surface area contributed by atoms with E-state index in [1.54, 1.807) is 11.0 Å². The third-order valence-corrected chi connectivity index (χ3v) is 5.15. The smallest absolute Gasteiger partial charge is 0.253 e. The molecule has 26 heavy (non-hydrogen) atoms. The Kier molecular flexibility index (Phi) is 6.08. The monoisotopic (exact) mass is 363 g/mol. The predicted molar refractivity (Wildman–Crippen MR) is 95.6 cm³/mol. The van der Waals surface area contributed by atoms with Crippen molar-refractivity contribution in [3.8, 4) is 5.75 Å². The summed E-state index contributed by atoms with van der Waals surface area (Å²) in [6.07, 6.45) is 3.76. The molecule has 2 saturated heterocycles. The lowest BCUT2D eigenvalue weighted by atomic mass is 9.97. The van der Waals surface area contributed by atoms with Crippen LogP contribution >= 0.6 is 0 Å². The van der Waals surface area contributed by atoms with Crippen LogP contribution in [-0.4, -0.2) is 56.0 Å². The van der Waals surface area contributed by atoms with Crippen LogP contribution in [0.5, 0.6) is 5.75 Å². The number of hydrogen-bond donors (Lipinski definition) is 2. The van der Waals surface area contributed by atoms with Crippen molar-refractivity contribution in [3.05, 3.63) is 29.6 Å². The first kappa shape index (κ1) is 18.6. The standard InChI is InChI=1S/C19H26FN3O3/c1-26-17-7-6-14(10-15(17)20)19(25)23-9-3-4-13(12-23)11-22-18(24)16-5-2-8-21-16/h6-7,10,13,16,21H,2-5,8-9,11-12H2,1H3,(H,22,24). The first-order chi connectivity index (χ1) is 12.6. The van der Waals surface area contributed by atoms with Gasteiger partial charge in [0.2, 0.25) is 5.91 Å². The molecule has 142 valence electrons. The fraction of sp³-hybridized carbons (Fsp3) is 0.579. The summed E-state index contributed by atoms with van der Waals surface area (Å²) in [5.41, 5.74) is 0.322. The van der Waals surface area contributed by atoms with Crippen molar-refractivity contribution < 1.29 is 18.7 Å². The Bertz CT molecular complexity index is 661. The zero-order valence-electron chi connectivity index (χ0n) is 15.1. The predicted octanol–water partition coefficient (Wildman–Crippen LogP) is 1.55. The van der Waals surface area contributed by atoms with E-state index in [2.05, 4.69) is 10.6 Å². The van der Waals surface area contributed by atoms with Gasteiger partial charge in [-0.1, -0.05) is 0 Å². The van der Waals surface area contributed by atoms with Gasteiger partial charge >= 0.3 is 0 Å². The summed E-state index contributed by atoms with van der Waals surface area (Å²) in [6, 6.07) is 4.19. The molecule has 1 aromatic carbocycles. The molecule has 0 aliphatic carbocycles. The molecule has 2 fully saturated rings. The summed E-state index contributed by atoms with van der Waals surface area (Å²) in [4.78, 5) is 26.5. The second-order valence-corrected chi connectivity index (χ2v) is 7.00. The van der Waals surface area contributed by atoms with Crippen LogP contribution in [0.4, 0.5) is 4.39 Å². The van der Waals surface area contributed by atoms with Crippen LogP contribution in [0.3, 0.4) is 0 Å². The number of likely N-dealkylation sites (tertiary alicyclic amines) is 1. The Morgan fingerprint density at radius 1 is 1.35 bits per heavy atom. The number of carbonyl (C=O) groups is 2. The molecule has 0 saturated carbocycles. The van der Waals surface area contributed by atoms with Gasteiger partial charge in [-0.15, -0.1) is 0 Å². The van der Waals surface area contributed by atoms with E-state index in [0.717, 1.165) is 32.2 Å². The van der Waals surface area contributed by atoms with Crippen molar-refractivity contribution in [1.82, 2.24) is 15.5 Å². The normalized spacial score (nSPS) is 22.9. The highest BCUT2D eigenvalue weighted by Gasteiger charge is 2.27. The lowest BCUT2D eigenvalue weighted by Crippen LogP contribution is -2.46. The average molecular weight is 363 g/mol. The maximum Gasteiger partial charge on any atom is 0.253 e. The molecule has 2 amide bonds. The minimum Gasteiger partial charge on any atom is -0.494 e. The minimum atomic E-state index is -0.539. The maximum atomic E-state index is 13.9. The average Bonchev–Trinajstić information content (AvgIpc) is 3.20. The molecule has 2 aliphatic rings. The fourth-order valence-corrected chi connectivity index (χ4v) is 3.67. The van der Waals surface area contributed by atoms with Crippen molar-refractivity contribution in [1.29, 1.82) is 0 Å². The molecule has 0 radical (unpaired) electrons. The number of hydrogen-bond acceptors (Lipinski definition) is 4. The van der Waals surface area contributed by atoms with E-state index < -0.39 is 5.82 Å². The maximum absolute atomic E-state index is 13.9. The molecular formula is C19H26FN3O3. The molecule has 1 aromatic rings. The van der Waals surface area contributed by atoms with Gasteiger partial charge in [-0.05, 0) is 56.3 Å². The van der Waals surface area contributed by atoms with Crippen LogP contribution in [0.1, 0.15) is 36.0 Å². The molecule has 2 unspecified atom stereocenters. The van der Waals surface area contributed by atoms with Crippen molar-refractivity contribution in [2.24, 2.45) is 5.92 Å². The van der Waals surface area contributed by atoms with Crippen LogP contribution < -0.4 is 15.4 Å². The minimum absolute atomic E-state index is 0.0446. The molecule has 0 bridgehead atoms. The van der Waals surface area contributed by atoms with Gasteiger partial charge in [-0.25, -0.2) is 4.39 Å². The zero-order valence-corrected chi connectivity index (χ0v) is 15.1. The van der Waals surface area contributed by atoms with E-state index in [-0.39, 0.29) is 29.5 Å². The van der Waals surface area contributed by atoms with Gasteiger partial charge in [-0.3, -0.25) is 9.59 Å². The van der Waals surface area contributed by atoms with Gasteiger partial charge in [-0.2, -0.15) is 0 Å². The number of methoxy groups -OCH3 is 1. The van der Waals surface area contributed by atoms with Gasteiger partial charge in [0.15, 0.2) is 11.6 Å². The quantitative estimate of drug-likeness (QED) is 0.833. The number of amides is 2. The Morgan fingerprint density at radius 2 is 2.19 bits per heavy atom. The van der Waals surface area contributed by atoms with Crippen molar-refractivity contribution in [3.63, 3.8) is 0 Å². The molecular weight excluding hydrogens is 337 g/mol. The molecule has 0 spiro atoms. The third-order valence-electron chi connectivity index (χ3n) is 5.15. The van der Waals surface area contributed by atoms with Crippen LogP contribution in [0.2, 0.25) is 0 Å². The van der Waals surface area contributed by atoms with Gasteiger partial charge in [0, 0.05) is 25.2 Å². The van der Waals surface area contributed by atoms with Crippen LogP contribution in [-0.2, 0) is 4.79 Å². The van der Waals surface area contributed by atoms with Crippen molar-refractivity contribution >= 4 is 11.8 Å². The fourth-order valence-electron chi connectivity index (χ4n) is 3.67. The summed E-state index contributed by atoms with van der Waals surface area (Å²) in [5.74, 6) is -0.325. The Morgan fingerprint density at radius 3 is 2.88 bits per heavy atom. The summed E-state index contributed by atoms with van der Waals surface area (Å²) >= 11 is 0. The Balaban J connectivity index is 1.54. The van der Waals surface area contributed by atoms with Crippen molar-refractivity contribution in [2.45, 2.75) is 31.7 Å². The summed E-state index contributed by atoms with van der Waals surface area (Å²) in [5, 5.41) is 6.19. The molecule has 3 rings (SSSR count). The number of carbonyl (C=O) groups excluding carboxylic acids is 2.